The van der Waals surface area contributed by atoms with Crippen LogP contribution in [-0.4, -0.2) is 15.0 Å². The minimum absolute atomic E-state index is 0.116. The Balaban J connectivity index is 2.08. The van der Waals surface area contributed by atoms with E-state index < -0.39 is 9.05 Å². The van der Waals surface area contributed by atoms with E-state index >= 15 is 0 Å². The van der Waals surface area contributed by atoms with E-state index in [0.717, 1.165) is 22.9 Å². The molecule has 0 N–H and O–H groups in total. The molecular weight excluding hydrogens is 308 g/mol. The van der Waals surface area contributed by atoms with E-state index in [-0.39, 0.29) is 4.90 Å². The van der Waals surface area contributed by atoms with Crippen molar-refractivity contribution in [3.8, 4) is 5.75 Å². The number of unbranched alkanes of at least 4 members (excludes halogenated alkanes) is 3. The molecule has 2 aromatic carbocycles. The van der Waals surface area contributed by atoms with Gasteiger partial charge in [-0.2, -0.15) is 0 Å². The zero-order chi connectivity index (χ0) is 15.3. The Labute approximate surface area is 130 Å². The molecule has 21 heavy (non-hydrogen) atoms. The van der Waals surface area contributed by atoms with Crippen LogP contribution in [0.3, 0.4) is 0 Å². The number of fused-ring (bicyclic) bond motifs is 1. The molecule has 0 radical (unpaired) electrons. The second-order valence-electron chi connectivity index (χ2n) is 5.02. The molecule has 0 bridgehead atoms. The van der Waals surface area contributed by atoms with Gasteiger partial charge in [-0.05, 0) is 41.5 Å². The predicted molar refractivity (Wildman–Crippen MR) is 86.6 cm³/mol. The second-order valence-corrected chi connectivity index (χ2v) is 7.58. The third-order valence-electron chi connectivity index (χ3n) is 3.33. The summed E-state index contributed by atoms with van der Waals surface area (Å²) in [6.07, 6.45) is 4.68. The molecule has 5 heteroatoms. The van der Waals surface area contributed by atoms with E-state index in [1.165, 1.54) is 25.3 Å². The number of ether oxygens (including phenoxy) is 1. The molecule has 0 saturated carbocycles. The van der Waals surface area contributed by atoms with E-state index in [0.29, 0.717) is 6.61 Å². The van der Waals surface area contributed by atoms with Gasteiger partial charge in [0.2, 0.25) is 0 Å². The molecule has 2 aromatic rings. The largest absolute Gasteiger partial charge is 0.494 e. The minimum atomic E-state index is -3.69. The normalized spacial score (nSPS) is 11.7. The highest BCUT2D eigenvalue weighted by Crippen LogP contribution is 2.25. The molecule has 0 aliphatic rings. The standard InChI is InChI=1S/C16H19ClO3S/c1-2-3-4-5-10-20-15-8-6-14-12-16(21(17,18)19)9-7-13(14)11-15/h6-9,11-12H,2-5,10H2,1H3. The van der Waals surface area contributed by atoms with Crippen molar-refractivity contribution in [3.05, 3.63) is 36.4 Å². The molecule has 0 aromatic heterocycles. The molecule has 0 fully saturated rings. The lowest BCUT2D eigenvalue weighted by atomic mass is 10.1. The summed E-state index contributed by atoms with van der Waals surface area (Å²) in [5.41, 5.74) is 0. The van der Waals surface area contributed by atoms with E-state index in [9.17, 15) is 8.42 Å². The third-order valence-corrected chi connectivity index (χ3v) is 4.68. The molecule has 0 aliphatic carbocycles. The van der Waals surface area contributed by atoms with Crippen LogP contribution in [0.25, 0.3) is 10.8 Å². The smallest absolute Gasteiger partial charge is 0.261 e. The second kappa shape index (κ2) is 7.14. The number of hydrogen-bond acceptors (Lipinski definition) is 3. The van der Waals surface area contributed by atoms with Crippen LogP contribution in [0, 0.1) is 0 Å². The van der Waals surface area contributed by atoms with Gasteiger partial charge in [0.25, 0.3) is 9.05 Å². The quantitative estimate of drug-likeness (QED) is 0.546. The van der Waals surface area contributed by atoms with Crippen molar-refractivity contribution in [1.82, 2.24) is 0 Å². The molecule has 114 valence electrons. The van der Waals surface area contributed by atoms with Gasteiger partial charge in [-0.3, -0.25) is 0 Å². The summed E-state index contributed by atoms with van der Waals surface area (Å²) >= 11 is 0. The Morgan fingerprint density at radius 2 is 1.71 bits per heavy atom. The molecule has 0 amide bonds. The van der Waals surface area contributed by atoms with E-state index in [1.54, 1.807) is 12.1 Å². The van der Waals surface area contributed by atoms with Crippen molar-refractivity contribution in [2.75, 3.05) is 6.61 Å². The van der Waals surface area contributed by atoms with Gasteiger partial charge in [-0.15, -0.1) is 0 Å². The Kier molecular flexibility index (Phi) is 5.48. The van der Waals surface area contributed by atoms with Crippen LogP contribution in [0.2, 0.25) is 0 Å². The van der Waals surface area contributed by atoms with Gasteiger partial charge in [0, 0.05) is 10.7 Å². The summed E-state index contributed by atoms with van der Waals surface area (Å²) in [5.74, 6) is 0.806. The van der Waals surface area contributed by atoms with Gasteiger partial charge >= 0.3 is 0 Å². The molecule has 2 rings (SSSR count). The number of halogens is 1. The minimum Gasteiger partial charge on any atom is -0.494 e. The van der Waals surface area contributed by atoms with E-state index in [2.05, 4.69) is 6.92 Å². The van der Waals surface area contributed by atoms with Crippen LogP contribution >= 0.6 is 10.7 Å². The zero-order valence-corrected chi connectivity index (χ0v) is 13.6. The SMILES string of the molecule is CCCCCCOc1ccc2cc(S(=O)(=O)Cl)ccc2c1. The summed E-state index contributed by atoms with van der Waals surface area (Å²) in [6.45, 7) is 2.89. The van der Waals surface area contributed by atoms with Gasteiger partial charge < -0.3 is 4.74 Å². The van der Waals surface area contributed by atoms with Crippen molar-refractivity contribution >= 4 is 30.5 Å². The van der Waals surface area contributed by atoms with Crippen LogP contribution in [0.1, 0.15) is 32.6 Å². The van der Waals surface area contributed by atoms with Gasteiger partial charge in [-0.25, -0.2) is 8.42 Å². The van der Waals surface area contributed by atoms with Crippen molar-refractivity contribution < 1.29 is 13.2 Å². The van der Waals surface area contributed by atoms with Gasteiger partial charge in [0.05, 0.1) is 11.5 Å². The van der Waals surface area contributed by atoms with Gasteiger partial charge in [-0.1, -0.05) is 38.3 Å². The molecule has 0 heterocycles. The lowest BCUT2D eigenvalue weighted by molar-refractivity contribution is 0.305. The van der Waals surface area contributed by atoms with E-state index in [1.807, 2.05) is 18.2 Å². The first-order valence-electron chi connectivity index (χ1n) is 7.12. The molecule has 0 unspecified atom stereocenters. The van der Waals surface area contributed by atoms with Gasteiger partial charge in [0.1, 0.15) is 5.75 Å². The van der Waals surface area contributed by atoms with Crippen molar-refractivity contribution in [2.45, 2.75) is 37.5 Å². The average Bonchev–Trinajstić information content (AvgIpc) is 2.45. The highest BCUT2D eigenvalue weighted by molar-refractivity contribution is 8.13. The van der Waals surface area contributed by atoms with Crippen molar-refractivity contribution in [1.29, 1.82) is 0 Å². The Morgan fingerprint density at radius 1 is 1.00 bits per heavy atom. The van der Waals surface area contributed by atoms with Crippen LogP contribution in [0.5, 0.6) is 5.75 Å². The molecule has 0 saturated heterocycles. The summed E-state index contributed by atoms with van der Waals surface area (Å²) in [4.78, 5) is 0.116. The first-order chi connectivity index (χ1) is 10.0. The zero-order valence-electron chi connectivity index (χ0n) is 12.0. The lowest BCUT2D eigenvalue weighted by Gasteiger charge is -2.07. The summed E-state index contributed by atoms with van der Waals surface area (Å²) in [5, 5.41) is 1.76. The first kappa shape index (κ1) is 16.1. The monoisotopic (exact) mass is 326 g/mol. The molecule has 0 atom stereocenters. The third kappa shape index (κ3) is 4.61. The maximum atomic E-state index is 11.3. The topological polar surface area (TPSA) is 43.4 Å². The fourth-order valence-electron chi connectivity index (χ4n) is 2.16. The summed E-state index contributed by atoms with van der Waals surface area (Å²) in [7, 11) is 1.66. The summed E-state index contributed by atoms with van der Waals surface area (Å²) < 4.78 is 28.3. The van der Waals surface area contributed by atoms with Crippen LogP contribution in [-0.2, 0) is 9.05 Å². The maximum absolute atomic E-state index is 11.3. The van der Waals surface area contributed by atoms with Crippen molar-refractivity contribution in [3.63, 3.8) is 0 Å². The fourth-order valence-corrected chi connectivity index (χ4v) is 2.95. The number of hydrogen-bond donors (Lipinski definition) is 0. The highest BCUT2D eigenvalue weighted by Gasteiger charge is 2.10. The predicted octanol–water partition coefficient (Wildman–Crippen LogP) is 4.73. The molecule has 0 spiro atoms. The maximum Gasteiger partial charge on any atom is 0.261 e. The van der Waals surface area contributed by atoms with Crippen molar-refractivity contribution in [2.24, 2.45) is 0 Å². The first-order valence-corrected chi connectivity index (χ1v) is 9.43. The van der Waals surface area contributed by atoms with Crippen LogP contribution in [0.15, 0.2) is 41.3 Å². The fraction of sp³-hybridized carbons (Fsp3) is 0.375. The number of rotatable bonds is 7. The Morgan fingerprint density at radius 3 is 2.43 bits per heavy atom. The Hall–Kier alpha value is -1.26. The average molecular weight is 327 g/mol. The molecular formula is C16H19ClO3S. The number of benzene rings is 2. The van der Waals surface area contributed by atoms with E-state index in [4.69, 9.17) is 15.4 Å². The molecule has 0 aliphatic heterocycles. The molecule has 3 nitrogen and oxygen atoms in total. The Bertz CT molecular complexity index is 711. The lowest BCUT2D eigenvalue weighted by Crippen LogP contribution is -1.97. The highest BCUT2D eigenvalue weighted by atomic mass is 35.7. The van der Waals surface area contributed by atoms with Crippen LogP contribution in [0.4, 0.5) is 0 Å². The van der Waals surface area contributed by atoms with Crippen LogP contribution < -0.4 is 4.74 Å². The van der Waals surface area contributed by atoms with Gasteiger partial charge in [0.15, 0.2) is 0 Å². The summed E-state index contributed by atoms with van der Waals surface area (Å²) in [6, 6.07) is 10.4.